The van der Waals surface area contributed by atoms with E-state index in [1.54, 1.807) is 6.92 Å². The summed E-state index contributed by atoms with van der Waals surface area (Å²) in [5.41, 5.74) is 0. The summed E-state index contributed by atoms with van der Waals surface area (Å²) < 4.78 is 9.24. The Morgan fingerprint density at radius 1 is 1.21 bits per heavy atom. The van der Waals surface area contributed by atoms with Crippen LogP contribution >= 0.6 is 0 Å². The highest BCUT2D eigenvalue weighted by atomic mass is 16.6. The summed E-state index contributed by atoms with van der Waals surface area (Å²) >= 11 is 0. The van der Waals surface area contributed by atoms with Crippen molar-refractivity contribution in [2.75, 3.05) is 7.11 Å². The number of ether oxygens (including phenoxy) is 2. The van der Waals surface area contributed by atoms with E-state index < -0.39 is 24.1 Å². The predicted octanol–water partition coefficient (Wildman–Crippen LogP) is 0.252. The number of carbonyl (C=O) groups excluding carboxylic acids is 2. The van der Waals surface area contributed by atoms with Crippen molar-refractivity contribution >= 4 is 11.9 Å². The van der Waals surface area contributed by atoms with Crippen LogP contribution in [0.4, 0.5) is 0 Å². The molecule has 5 heteroatoms. The summed E-state index contributed by atoms with van der Waals surface area (Å²) in [4.78, 5) is 21.8. The van der Waals surface area contributed by atoms with Gasteiger partial charge < -0.3 is 14.6 Å². The van der Waals surface area contributed by atoms with E-state index in [0.29, 0.717) is 0 Å². The van der Waals surface area contributed by atoms with Crippen LogP contribution < -0.4 is 0 Å². The zero-order valence-electron chi connectivity index (χ0n) is 8.65. The van der Waals surface area contributed by atoms with Gasteiger partial charge in [0, 0.05) is 0 Å². The standard InChI is InChI=1S/C9H16O5/c1-6(10)4-9(12)14-7(2)5-8(11)13-3/h6-7,10H,4-5H2,1-3H3. The van der Waals surface area contributed by atoms with Gasteiger partial charge in [-0.2, -0.15) is 0 Å². The quantitative estimate of drug-likeness (QED) is 0.650. The van der Waals surface area contributed by atoms with Crippen molar-refractivity contribution in [2.45, 2.75) is 38.9 Å². The van der Waals surface area contributed by atoms with Gasteiger partial charge in [-0.25, -0.2) is 0 Å². The Morgan fingerprint density at radius 3 is 2.21 bits per heavy atom. The minimum atomic E-state index is -0.729. The Hall–Kier alpha value is -1.10. The molecule has 0 bridgehead atoms. The molecule has 0 amide bonds. The van der Waals surface area contributed by atoms with Gasteiger partial charge in [0.15, 0.2) is 0 Å². The van der Waals surface area contributed by atoms with Gasteiger partial charge in [0.05, 0.1) is 26.1 Å². The second kappa shape index (κ2) is 6.37. The molecular formula is C9H16O5. The Labute approximate surface area is 83.0 Å². The number of hydrogen-bond acceptors (Lipinski definition) is 5. The number of esters is 2. The molecule has 2 unspecified atom stereocenters. The molecule has 0 heterocycles. The van der Waals surface area contributed by atoms with Crippen LogP contribution in [-0.4, -0.2) is 36.4 Å². The van der Waals surface area contributed by atoms with Crippen LogP contribution in [0.25, 0.3) is 0 Å². The van der Waals surface area contributed by atoms with Crippen molar-refractivity contribution in [2.24, 2.45) is 0 Å². The summed E-state index contributed by atoms with van der Waals surface area (Å²) in [5.74, 6) is -0.946. The zero-order chi connectivity index (χ0) is 11.1. The molecule has 1 N–H and O–H groups in total. The molecule has 2 atom stereocenters. The van der Waals surface area contributed by atoms with E-state index in [2.05, 4.69) is 4.74 Å². The van der Waals surface area contributed by atoms with E-state index in [1.807, 2.05) is 0 Å². The lowest BCUT2D eigenvalue weighted by atomic mass is 10.2. The first-order valence-electron chi connectivity index (χ1n) is 4.40. The third kappa shape index (κ3) is 6.42. The van der Waals surface area contributed by atoms with Gasteiger partial charge in [-0.1, -0.05) is 0 Å². The fourth-order valence-corrected chi connectivity index (χ4v) is 0.873. The summed E-state index contributed by atoms with van der Waals surface area (Å²) in [5, 5.41) is 8.87. The minimum absolute atomic E-state index is 0.0298. The summed E-state index contributed by atoms with van der Waals surface area (Å²) in [6.07, 6.45) is -1.28. The number of methoxy groups -OCH3 is 1. The van der Waals surface area contributed by atoms with Crippen molar-refractivity contribution in [1.82, 2.24) is 0 Å². The highest BCUT2D eigenvalue weighted by Crippen LogP contribution is 2.02. The first-order chi connectivity index (χ1) is 6.45. The Balaban J connectivity index is 3.76. The number of aliphatic hydroxyl groups excluding tert-OH is 1. The molecule has 0 saturated heterocycles. The molecule has 5 nitrogen and oxygen atoms in total. The third-order valence-electron chi connectivity index (χ3n) is 1.48. The number of rotatable bonds is 5. The number of aliphatic hydroxyl groups is 1. The number of hydrogen-bond donors (Lipinski definition) is 1. The summed E-state index contributed by atoms with van der Waals surface area (Å²) in [6, 6.07) is 0. The van der Waals surface area contributed by atoms with Crippen LogP contribution in [0.2, 0.25) is 0 Å². The Morgan fingerprint density at radius 2 is 1.79 bits per heavy atom. The van der Waals surface area contributed by atoms with E-state index in [-0.39, 0.29) is 12.8 Å². The largest absolute Gasteiger partial charge is 0.469 e. The average Bonchev–Trinajstić information content (AvgIpc) is 2.01. The molecular weight excluding hydrogens is 188 g/mol. The minimum Gasteiger partial charge on any atom is -0.469 e. The topological polar surface area (TPSA) is 72.8 Å². The van der Waals surface area contributed by atoms with E-state index in [0.717, 1.165) is 0 Å². The maximum Gasteiger partial charge on any atom is 0.309 e. The fraction of sp³-hybridized carbons (Fsp3) is 0.778. The first-order valence-corrected chi connectivity index (χ1v) is 4.40. The molecule has 0 fully saturated rings. The fourth-order valence-electron chi connectivity index (χ4n) is 0.873. The molecule has 0 rings (SSSR count). The second-order valence-electron chi connectivity index (χ2n) is 3.13. The van der Waals surface area contributed by atoms with Crippen molar-refractivity contribution < 1.29 is 24.2 Å². The third-order valence-corrected chi connectivity index (χ3v) is 1.48. The van der Waals surface area contributed by atoms with Crippen molar-refractivity contribution in [3.05, 3.63) is 0 Å². The molecule has 0 saturated carbocycles. The normalized spacial score (nSPS) is 14.3. The SMILES string of the molecule is COC(=O)CC(C)OC(=O)CC(C)O. The van der Waals surface area contributed by atoms with Gasteiger partial charge in [0.1, 0.15) is 6.10 Å². The maximum atomic E-state index is 11.0. The average molecular weight is 204 g/mol. The van der Waals surface area contributed by atoms with Crippen molar-refractivity contribution in [1.29, 1.82) is 0 Å². The van der Waals surface area contributed by atoms with Crippen molar-refractivity contribution in [3.8, 4) is 0 Å². The highest BCUT2D eigenvalue weighted by Gasteiger charge is 2.15. The van der Waals surface area contributed by atoms with Gasteiger partial charge in [-0.3, -0.25) is 9.59 Å². The van der Waals surface area contributed by atoms with E-state index in [9.17, 15) is 9.59 Å². The molecule has 0 aromatic rings. The van der Waals surface area contributed by atoms with Gasteiger partial charge in [-0.15, -0.1) is 0 Å². The van der Waals surface area contributed by atoms with E-state index in [1.165, 1.54) is 14.0 Å². The van der Waals surface area contributed by atoms with Gasteiger partial charge >= 0.3 is 11.9 Å². The summed E-state index contributed by atoms with van der Waals surface area (Å²) in [7, 11) is 1.27. The molecule has 0 aliphatic carbocycles. The predicted molar refractivity (Wildman–Crippen MR) is 48.5 cm³/mol. The van der Waals surface area contributed by atoms with E-state index >= 15 is 0 Å². The molecule has 14 heavy (non-hydrogen) atoms. The molecule has 0 aromatic carbocycles. The van der Waals surface area contributed by atoms with Crippen LogP contribution in [0, 0.1) is 0 Å². The van der Waals surface area contributed by atoms with Crippen LogP contribution in [0.1, 0.15) is 26.7 Å². The molecule has 0 spiro atoms. The van der Waals surface area contributed by atoms with Crippen LogP contribution in [0.5, 0.6) is 0 Å². The summed E-state index contributed by atoms with van der Waals surface area (Å²) in [6.45, 7) is 3.09. The van der Waals surface area contributed by atoms with Crippen LogP contribution in [0.15, 0.2) is 0 Å². The Bertz CT molecular complexity index is 199. The lowest BCUT2D eigenvalue weighted by Gasteiger charge is -2.12. The molecule has 0 aliphatic rings. The maximum absolute atomic E-state index is 11.0. The van der Waals surface area contributed by atoms with E-state index in [4.69, 9.17) is 9.84 Å². The van der Waals surface area contributed by atoms with Gasteiger partial charge in [-0.05, 0) is 13.8 Å². The molecule has 0 radical (unpaired) electrons. The lowest BCUT2D eigenvalue weighted by Crippen LogP contribution is -2.21. The lowest BCUT2D eigenvalue weighted by molar-refractivity contribution is -0.154. The highest BCUT2D eigenvalue weighted by molar-refractivity contribution is 5.72. The smallest absolute Gasteiger partial charge is 0.309 e. The van der Waals surface area contributed by atoms with Crippen LogP contribution in [-0.2, 0) is 19.1 Å². The monoisotopic (exact) mass is 204 g/mol. The van der Waals surface area contributed by atoms with Gasteiger partial charge in [0.25, 0.3) is 0 Å². The Kier molecular flexibility index (Phi) is 5.87. The molecule has 82 valence electrons. The molecule has 0 aliphatic heterocycles. The first kappa shape index (κ1) is 12.9. The van der Waals surface area contributed by atoms with Crippen molar-refractivity contribution in [3.63, 3.8) is 0 Å². The van der Waals surface area contributed by atoms with Crippen LogP contribution in [0.3, 0.4) is 0 Å². The van der Waals surface area contributed by atoms with Gasteiger partial charge in [0.2, 0.25) is 0 Å². The number of carbonyl (C=O) groups is 2. The second-order valence-corrected chi connectivity index (χ2v) is 3.13. The zero-order valence-corrected chi connectivity index (χ0v) is 8.65. The molecule has 0 aromatic heterocycles.